The van der Waals surface area contributed by atoms with Gasteiger partial charge in [0.05, 0.1) is 6.20 Å². The molecule has 2 N–H and O–H groups in total. The normalized spacial score (nSPS) is 26.4. The number of nitrogens with one attached hydrogen (secondary N) is 2. The summed E-state index contributed by atoms with van der Waals surface area (Å²) in [4.78, 5) is 37.7. The predicted octanol–water partition coefficient (Wildman–Crippen LogP) is 2.19. The highest BCUT2D eigenvalue weighted by Crippen LogP contribution is 2.48. The SMILES string of the molecule is Cc1cccc(C(=O)NC23CCC[C@](NC(=O)c4cnccn4)(CC2)C3)n1. The summed E-state index contributed by atoms with van der Waals surface area (Å²) in [5.74, 6) is -0.343. The number of hydrogen-bond acceptors (Lipinski definition) is 5. The fraction of sp³-hybridized carbons (Fsp3) is 0.450. The molecule has 1 unspecified atom stereocenters. The first kappa shape index (κ1) is 17.6. The van der Waals surface area contributed by atoms with Crippen LogP contribution in [0.15, 0.2) is 36.8 Å². The minimum Gasteiger partial charge on any atom is -0.345 e. The van der Waals surface area contributed by atoms with Crippen LogP contribution in [-0.2, 0) is 0 Å². The number of nitrogens with zero attached hydrogens (tertiary/aromatic N) is 3. The smallest absolute Gasteiger partial charge is 0.271 e. The first-order valence-electron chi connectivity index (χ1n) is 9.34. The van der Waals surface area contributed by atoms with E-state index in [1.165, 1.54) is 12.4 Å². The van der Waals surface area contributed by atoms with Crippen molar-refractivity contribution in [2.45, 2.75) is 56.5 Å². The zero-order valence-corrected chi connectivity index (χ0v) is 15.4. The number of aromatic nitrogens is 3. The van der Waals surface area contributed by atoms with Crippen molar-refractivity contribution in [1.29, 1.82) is 0 Å². The van der Waals surface area contributed by atoms with Crippen LogP contribution in [0.25, 0.3) is 0 Å². The quantitative estimate of drug-likeness (QED) is 0.866. The van der Waals surface area contributed by atoms with Crippen molar-refractivity contribution < 1.29 is 9.59 Å². The summed E-state index contributed by atoms with van der Waals surface area (Å²) in [7, 11) is 0. The van der Waals surface area contributed by atoms with E-state index < -0.39 is 0 Å². The minimum absolute atomic E-state index is 0.142. The Kier molecular flexibility index (Phi) is 4.37. The van der Waals surface area contributed by atoms with Crippen LogP contribution in [0.1, 0.15) is 65.2 Å². The molecule has 2 aromatic rings. The molecule has 0 aromatic carbocycles. The predicted molar refractivity (Wildman–Crippen MR) is 99.1 cm³/mol. The average molecular weight is 365 g/mol. The average Bonchev–Trinajstić information content (AvgIpc) is 2.92. The molecule has 2 bridgehead atoms. The van der Waals surface area contributed by atoms with E-state index in [1.807, 2.05) is 19.1 Å². The van der Waals surface area contributed by atoms with E-state index in [2.05, 4.69) is 25.6 Å². The molecule has 0 spiro atoms. The first-order valence-corrected chi connectivity index (χ1v) is 9.34. The van der Waals surface area contributed by atoms with Crippen LogP contribution in [0.5, 0.6) is 0 Å². The lowest BCUT2D eigenvalue weighted by molar-refractivity contribution is 0.0826. The molecule has 2 heterocycles. The van der Waals surface area contributed by atoms with Crippen LogP contribution in [0, 0.1) is 6.92 Å². The molecule has 2 aliphatic rings. The second kappa shape index (κ2) is 6.72. The van der Waals surface area contributed by atoms with Crippen molar-refractivity contribution in [2.75, 3.05) is 0 Å². The van der Waals surface area contributed by atoms with Crippen LogP contribution < -0.4 is 10.6 Å². The van der Waals surface area contributed by atoms with Crippen LogP contribution in [0.4, 0.5) is 0 Å². The maximum Gasteiger partial charge on any atom is 0.271 e. The Bertz CT molecular complexity index is 872. The second-order valence-corrected chi connectivity index (χ2v) is 7.75. The number of carbonyl (C=O) groups is 2. The maximum absolute atomic E-state index is 12.7. The summed E-state index contributed by atoms with van der Waals surface area (Å²) < 4.78 is 0. The van der Waals surface area contributed by atoms with Gasteiger partial charge in [0, 0.05) is 29.2 Å². The summed E-state index contributed by atoms with van der Waals surface area (Å²) in [5, 5.41) is 6.40. The summed E-state index contributed by atoms with van der Waals surface area (Å²) in [5.41, 5.74) is 1.01. The lowest BCUT2D eigenvalue weighted by atomic mass is 9.78. The topological polar surface area (TPSA) is 96.9 Å². The van der Waals surface area contributed by atoms with Gasteiger partial charge in [0.2, 0.25) is 0 Å². The highest BCUT2D eigenvalue weighted by molar-refractivity contribution is 5.93. The van der Waals surface area contributed by atoms with Crippen molar-refractivity contribution in [3.05, 3.63) is 53.9 Å². The Labute approximate surface area is 158 Å². The van der Waals surface area contributed by atoms with Gasteiger partial charge in [-0.05, 0) is 57.6 Å². The van der Waals surface area contributed by atoms with Gasteiger partial charge in [0.15, 0.2) is 0 Å². The molecule has 27 heavy (non-hydrogen) atoms. The van der Waals surface area contributed by atoms with Gasteiger partial charge < -0.3 is 10.6 Å². The molecule has 140 valence electrons. The van der Waals surface area contributed by atoms with Crippen molar-refractivity contribution in [3.63, 3.8) is 0 Å². The molecule has 2 fully saturated rings. The molecule has 2 amide bonds. The zero-order valence-electron chi connectivity index (χ0n) is 15.4. The van der Waals surface area contributed by atoms with Crippen LogP contribution in [-0.4, -0.2) is 37.8 Å². The van der Waals surface area contributed by atoms with Crippen LogP contribution in [0.2, 0.25) is 0 Å². The fourth-order valence-corrected chi connectivity index (χ4v) is 4.53. The highest BCUT2D eigenvalue weighted by atomic mass is 16.2. The van der Waals surface area contributed by atoms with Gasteiger partial charge in [-0.1, -0.05) is 6.07 Å². The van der Waals surface area contributed by atoms with E-state index >= 15 is 0 Å². The molecule has 0 radical (unpaired) electrons. The molecular formula is C20H23N5O2. The van der Waals surface area contributed by atoms with Gasteiger partial charge in [0.1, 0.15) is 11.4 Å². The number of pyridine rings is 1. The minimum atomic E-state index is -0.292. The van der Waals surface area contributed by atoms with Crippen LogP contribution in [0.3, 0.4) is 0 Å². The molecule has 0 aliphatic heterocycles. The van der Waals surface area contributed by atoms with Gasteiger partial charge in [0.25, 0.3) is 11.8 Å². The Morgan fingerprint density at radius 1 is 0.963 bits per heavy atom. The van der Waals surface area contributed by atoms with Crippen molar-refractivity contribution in [2.24, 2.45) is 0 Å². The van der Waals surface area contributed by atoms with E-state index in [4.69, 9.17) is 0 Å². The Morgan fingerprint density at radius 2 is 1.67 bits per heavy atom. The van der Waals surface area contributed by atoms with Crippen molar-refractivity contribution in [1.82, 2.24) is 25.6 Å². The molecule has 2 aromatic heterocycles. The zero-order chi connectivity index (χ0) is 18.9. The van der Waals surface area contributed by atoms with Gasteiger partial charge in [-0.15, -0.1) is 0 Å². The largest absolute Gasteiger partial charge is 0.345 e. The highest BCUT2D eigenvalue weighted by Gasteiger charge is 2.52. The first-order chi connectivity index (χ1) is 13.0. The second-order valence-electron chi connectivity index (χ2n) is 7.75. The number of fused-ring (bicyclic) bond motifs is 2. The fourth-order valence-electron chi connectivity index (χ4n) is 4.53. The van der Waals surface area contributed by atoms with E-state index in [-0.39, 0.29) is 22.9 Å². The molecule has 4 rings (SSSR count). The van der Waals surface area contributed by atoms with Crippen molar-refractivity contribution >= 4 is 11.8 Å². The standard InChI is InChI=1S/C20H23N5O2/c1-14-4-2-5-15(23-14)17(26)24-19-6-3-7-20(13-19,9-8-19)25-18(27)16-12-21-10-11-22-16/h2,4-5,10-12H,3,6-9,13H2,1H3,(H,24,26)(H,25,27)/t19?,20-/m0/s1. The van der Waals surface area contributed by atoms with E-state index in [9.17, 15) is 9.59 Å². The number of amides is 2. The molecule has 2 atom stereocenters. The van der Waals surface area contributed by atoms with Crippen LogP contribution >= 0.6 is 0 Å². The molecule has 2 aliphatic carbocycles. The van der Waals surface area contributed by atoms with Crippen molar-refractivity contribution in [3.8, 4) is 0 Å². The summed E-state index contributed by atoms with van der Waals surface area (Å²) >= 11 is 0. The Hall–Kier alpha value is -2.83. The van der Waals surface area contributed by atoms with E-state index in [1.54, 1.807) is 12.3 Å². The summed E-state index contributed by atoms with van der Waals surface area (Å²) in [6.45, 7) is 1.87. The maximum atomic E-state index is 12.7. The number of aryl methyl sites for hydroxylation is 1. The number of rotatable bonds is 4. The molecule has 0 saturated heterocycles. The summed E-state index contributed by atoms with van der Waals surface area (Å²) in [6.07, 6.45) is 9.78. The van der Waals surface area contributed by atoms with Gasteiger partial charge >= 0.3 is 0 Å². The lowest BCUT2D eigenvalue weighted by Crippen LogP contribution is -2.55. The third-order valence-corrected chi connectivity index (χ3v) is 5.74. The molecular weight excluding hydrogens is 342 g/mol. The Morgan fingerprint density at radius 3 is 2.30 bits per heavy atom. The van der Waals surface area contributed by atoms with E-state index in [0.717, 1.165) is 44.2 Å². The molecule has 2 saturated carbocycles. The monoisotopic (exact) mass is 365 g/mol. The molecule has 7 nitrogen and oxygen atoms in total. The molecule has 7 heteroatoms. The van der Waals surface area contributed by atoms with Gasteiger partial charge in [-0.3, -0.25) is 14.6 Å². The van der Waals surface area contributed by atoms with Gasteiger partial charge in [-0.25, -0.2) is 9.97 Å². The third kappa shape index (κ3) is 3.54. The van der Waals surface area contributed by atoms with E-state index in [0.29, 0.717) is 11.4 Å². The lowest BCUT2D eigenvalue weighted by Gasteiger charge is -2.40. The number of hydrogen-bond donors (Lipinski definition) is 2. The Balaban J connectivity index is 1.48. The summed E-state index contributed by atoms with van der Waals surface area (Å²) in [6, 6.07) is 5.45. The van der Waals surface area contributed by atoms with Gasteiger partial charge in [-0.2, -0.15) is 0 Å². The number of carbonyl (C=O) groups excluding carboxylic acids is 2. The third-order valence-electron chi connectivity index (χ3n) is 5.74.